The first-order valence-corrected chi connectivity index (χ1v) is 9.57. The van der Waals surface area contributed by atoms with Crippen LogP contribution in [0.2, 0.25) is 0 Å². The Balaban J connectivity index is 1.33. The van der Waals surface area contributed by atoms with Crippen molar-refractivity contribution >= 4 is 11.9 Å². The summed E-state index contributed by atoms with van der Waals surface area (Å²) >= 11 is 0. The summed E-state index contributed by atoms with van der Waals surface area (Å²) < 4.78 is 11.7. The number of nitrogens with zero attached hydrogens (tertiary/aromatic N) is 1. The molecular formula is C23H21NO4. The lowest BCUT2D eigenvalue weighted by molar-refractivity contribution is -0.155. The summed E-state index contributed by atoms with van der Waals surface area (Å²) in [5, 5.41) is 0. The molecule has 142 valence electrons. The third kappa shape index (κ3) is 2.74. The Morgan fingerprint density at radius 3 is 2.46 bits per heavy atom. The van der Waals surface area contributed by atoms with Crippen LogP contribution in [0.3, 0.4) is 0 Å². The molecule has 5 heteroatoms. The van der Waals surface area contributed by atoms with Gasteiger partial charge in [0.15, 0.2) is 0 Å². The highest BCUT2D eigenvalue weighted by molar-refractivity contribution is 5.91. The molecule has 2 fully saturated rings. The molecule has 0 aliphatic carbocycles. The molecule has 4 atom stereocenters. The molecule has 5 nitrogen and oxygen atoms in total. The predicted octanol–water partition coefficient (Wildman–Crippen LogP) is 2.71. The van der Waals surface area contributed by atoms with E-state index >= 15 is 0 Å². The first-order valence-electron chi connectivity index (χ1n) is 9.57. The van der Waals surface area contributed by atoms with Crippen LogP contribution in [0.15, 0.2) is 72.8 Å². The van der Waals surface area contributed by atoms with E-state index < -0.39 is 17.4 Å². The predicted molar refractivity (Wildman–Crippen MR) is 102 cm³/mol. The maximum absolute atomic E-state index is 13.2. The number of likely N-dealkylation sites (tertiary alicyclic amines) is 1. The minimum atomic E-state index is -0.701. The van der Waals surface area contributed by atoms with Gasteiger partial charge in [0.05, 0.1) is 18.6 Å². The van der Waals surface area contributed by atoms with Gasteiger partial charge in [0.25, 0.3) is 0 Å². The minimum Gasteiger partial charge on any atom is -0.460 e. The molecule has 3 aliphatic rings. The second-order valence-electron chi connectivity index (χ2n) is 7.67. The average Bonchev–Trinajstić information content (AvgIpc) is 3.36. The van der Waals surface area contributed by atoms with Crippen LogP contribution in [0.5, 0.6) is 0 Å². The summed E-state index contributed by atoms with van der Waals surface area (Å²) in [6.45, 7) is 1.20. The van der Waals surface area contributed by atoms with Gasteiger partial charge in [0.1, 0.15) is 18.1 Å². The fourth-order valence-corrected chi connectivity index (χ4v) is 4.61. The maximum Gasteiger partial charge on any atom is 0.313 e. The van der Waals surface area contributed by atoms with E-state index in [0.717, 1.165) is 11.1 Å². The third-order valence-electron chi connectivity index (χ3n) is 5.89. The number of carbonyl (C=O) groups is 2. The maximum atomic E-state index is 13.2. The van der Waals surface area contributed by atoms with Crippen molar-refractivity contribution in [1.82, 2.24) is 4.90 Å². The summed E-state index contributed by atoms with van der Waals surface area (Å²) in [6, 6.07) is 19.4. The molecule has 0 N–H and O–H groups in total. The van der Waals surface area contributed by atoms with E-state index in [9.17, 15) is 9.59 Å². The Labute approximate surface area is 163 Å². The summed E-state index contributed by atoms with van der Waals surface area (Å²) in [5.74, 6) is -1.48. The SMILES string of the molecule is O=C(OCc1ccccc1)[C@H]1[C@@H]2C=C[C@@]3(CN(Cc4ccccc4)C(=O)[C@@H]13)O2. The van der Waals surface area contributed by atoms with E-state index in [1.165, 1.54) is 0 Å². The van der Waals surface area contributed by atoms with Gasteiger partial charge < -0.3 is 14.4 Å². The van der Waals surface area contributed by atoms with Crippen LogP contribution in [0.25, 0.3) is 0 Å². The molecule has 0 aromatic heterocycles. The molecule has 2 bridgehead atoms. The van der Waals surface area contributed by atoms with Crippen molar-refractivity contribution in [3.05, 3.63) is 83.9 Å². The fourth-order valence-electron chi connectivity index (χ4n) is 4.61. The molecule has 3 heterocycles. The lowest BCUT2D eigenvalue weighted by Crippen LogP contribution is -2.39. The van der Waals surface area contributed by atoms with Crippen LogP contribution < -0.4 is 0 Å². The van der Waals surface area contributed by atoms with Crippen molar-refractivity contribution in [3.8, 4) is 0 Å². The Morgan fingerprint density at radius 2 is 1.75 bits per heavy atom. The molecule has 0 saturated carbocycles. The van der Waals surface area contributed by atoms with Crippen LogP contribution in [-0.4, -0.2) is 35.0 Å². The first kappa shape index (κ1) is 17.2. The molecule has 2 saturated heterocycles. The Morgan fingerprint density at radius 1 is 1.07 bits per heavy atom. The van der Waals surface area contributed by atoms with E-state index in [-0.39, 0.29) is 24.6 Å². The number of carbonyl (C=O) groups excluding carboxylic acids is 2. The second kappa shape index (κ2) is 6.60. The number of benzene rings is 2. The summed E-state index contributed by atoms with van der Waals surface area (Å²) in [6.07, 6.45) is 3.49. The quantitative estimate of drug-likeness (QED) is 0.596. The van der Waals surface area contributed by atoms with E-state index in [2.05, 4.69) is 0 Å². The normalized spacial score (nSPS) is 29.9. The zero-order valence-corrected chi connectivity index (χ0v) is 15.4. The van der Waals surface area contributed by atoms with Crippen LogP contribution in [0.1, 0.15) is 11.1 Å². The molecule has 2 aromatic rings. The molecule has 1 spiro atoms. The van der Waals surface area contributed by atoms with Crippen molar-refractivity contribution in [2.24, 2.45) is 11.8 Å². The Hall–Kier alpha value is -2.92. The first-order chi connectivity index (χ1) is 13.7. The van der Waals surface area contributed by atoms with Crippen LogP contribution in [0, 0.1) is 11.8 Å². The summed E-state index contributed by atoms with van der Waals surface area (Å²) in [4.78, 5) is 27.8. The molecule has 0 radical (unpaired) electrons. The van der Waals surface area contributed by atoms with Crippen LogP contribution in [-0.2, 0) is 32.2 Å². The Bertz CT molecular complexity index is 926. The number of hydrogen-bond acceptors (Lipinski definition) is 4. The highest BCUT2D eigenvalue weighted by atomic mass is 16.6. The fraction of sp³-hybridized carbons (Fsp3) is 0.304. The van der Waals surface area contributed by atoms with Crippen molar-refractivity contribution in [1.29, 1.82) is 0 Å². The number of amides is 1. The zero-order valence-electron chi connectivity index (χ0n) is 15.4. The van der Waals surface area contributed by atoms with Gasteiger partial charge in [-0.3, -0.25) is 9.59 Å². The standard InChI is InChI=1S/C23H21NO4/c25-21-20-19(22(26)27-14-17-9-5-2-6-10-17)18-11-12-23(20,28-18)15-24(21)13-16-7-3-1-4-8-16/h1-12,18-20H,13-15H2/t18-,19-,20+,23-/m0/s1. The Kier molecular flexibility index (Phi) is 4.05. The topological polar surface area (TPSA) is 55.8 Å². The van der Waals surface area contributed by atoms with Crippen molar-refractivity contribution in [2.75, 3.05) is 6.54 Å². The molecular weight excluding hydrogens is 354 g/mol. The monoisotopic (exact) mass is 375 g/mol. The van der Waals surface area contributed by atoms with E-state index in [1.807, 2.05) is 72.8 Å². The van der Waals surface area contributed by atoms with Gasteiger partial charge in [0.2, 0.25) is 5.91 Å². The largest absolute Gasteiger partial charge is 0.460 e. The van der Waals surface area contributed by atoms with Crippen molar-refractivity contribution in [2.45, 2.75) is 24.9 Å². The van der Waals surface area contributed by atoms with E-state index in [1.54, 1.807) is 4.90 Å². The number of esters is 1. The summed E-state index contributed by atoms with van der Waals surface area (Å²) in [7, 11) is 0. The average molecular weight is 375 g/mol. The van der Waals surface area contributed by atoms with Crippen molar-refractivity contribution < 1.29 is 19.1 Å². The molecule has 5 rings (SSSR count). The van der Waals surface area contributed by atoms with Gasteiger partial charge >= 0.3 is 5.97 Å². The number of fused-ring (bicyclic) bond motifs is 1. The zero-order chi connectivity index (χ0) is 19.1. The van der Waals surface area contributed by atoms with Gasteiger partial charge in [-0.15, -0.1) is 0 Å². The number of hydrogen-bond donors (Lipinski definition) is 0. The number of rotatable bonds is 5. The molecule has 2 aromatic carbocycles. The van der Waals surface area contributed by atoms with Gasteiger partial charge in [-0.2, -0.15) is 0 Å². The second-order valence-corrected chi connectivity index (χ2v) is 7.67. The van der Waals surface area contributed by atoms with Gasteiger partial charge in [-0.1, -0.05) is 72.8 Å². The van der Waals surface area contributed by atoms with Crippen molar-refractivity contribution in [3.63, 3.8) is 0 Å². The van der Waals surface area contributed by atoms with Crippen LogP contribution in [0.4, 0.5) is 0 Å². The summed E-state index contributed by atoms with van der Waals surface area (Å²) in [5.41, 5.74) is 1.29. The molecule has 0 unspecified atom stereocenters. The minimum absolute atomic E-state index is 0.0302. The van der Waals surface area contributed by atoms with Gasteiger partial charge in [0, 0.05) is 6.54 Å². The number of ether oxygens (including phenoxy) is 2. The molecule has 3 aliphatic heterocycles. The van der Waals surface area contributed by atoms with Crippen LogP contribution >= 0.6 is 0 Å². The highest BCUT2D eigenvalue weighted by Gasteiger charge is 2.67. The lowest BCUT2D eigenvalue weighted by atomic mass is 9.77. The lowest BCUT2D eigenvalue weighted by Gasteiger charge is -2.22. The van der Waals surface area contributed by atoms with E-state index in [0.29, 0.717) is 13.1 Å². The molecule has 1 amide bonds. The van der Waals surface area contributed by atoms with E-state index in [4.69, 9.17) is 9.47 Å². The van der Waals surface area contributed by atoms with Gasteiger partial charge in [-0.05, 0) is 11.1 Å². The smallest absolute Gasteiger partial charge is 0.313 e. The highest BCUT2D eigenvalue weighted by Crippen LogP contribution is 2.52. The van der Waals surface area contributed by atoms with Gasteiger partial charge in [-0.25, -0.2) is 0 Å². The molecule has 28 heavy (non-hydrogen) atoms. The third-order valence-corrected chi connectivity index (χ3v) is 5.89.